The van der Waals surface area contributed by atoms with Crippen LogP contribution in [0, 0.1) is 13.8 Å². The number of hydrogen-bond donors (Lipinski definition) is 2. The molecule has 1 heterocycles. The summed E-state index contributed by atoms with van der Waals surface area (Å²) in [6.45, 7) is 3.87. The average Bonchev–Trinajstić information content (AvgIpc) is 2.16. The first kappa shape index (κ1) is 8.87. The molecule has 0 radical (unpaired) electrons. The third-order valence-corrected chi connectivity index (χ3v) is 2.42. The van der Waals surface area contributed by atoms with Crippen molar-refractivity contribution in [2.75, 3.05) is 17.7 Å². The molecule has 4 nitrogen and oxygen atoms in total. The van der Waals surface area contributed by atoms with Gasteiger partial charge in [-0.2, -0.15) is 0 Å². The van der Waals surface area contributed by atoms with Crippen LogP contribution in [0.4, 0.5) is 11.4 Å². The highest BCUT2D eigenvalue weighted by molar-refractivity contribution is 5.97. The molecule has 2 rings (SSSR count). The van der Waals surface area contributed by atoms with E-state index in [0.717, 1.165) is 11.1 Å². The molecule has 1 aromatic rings. The second-order valence-corrected chi connectivity index (χ2v) is 3.44. The van der Waals surface area contributed by atoms with E-state index in [-0.39, 0.29) is 12.5 Å². The fourth-order valence-corrected chi connectivity index (χ4v) is 1.55. The van der Waals surface area contributed by atoms with Gasteiger partial charge < -0.3 is 15.8 Å². The van der Waals surface area contributed by atoms with Gasteiger partial charge in [0.05, 0.1) is 5.69 Å². The van der Waals surface area contributed by atoms with Crippen molar-refractivity contribution in [1.82, 2.24) is 0 Å². The lowest BCUT2D eigenvalue weighted by molar-refractivity contribution is -0.118. The first-order valence-electron chi connectivity index (χ1n) is 4.42. The zero-order valence-electron chi connectivity index (χ0n) is 8.18. The summed E-state index contributed by atoms with van der Waals surface area (Å²) < 4.78 is 5.28. The molecule has 0 atom stereocenters. The van der Waals surface area contributed by atoms with Gasteiger partial charge in [0.2, 0.25) is 0 Å². The lowest BCUT2D eigenvalue weighted by Crippen LogP contribution is -2.26. The molecule has 3 N–H and O–H groups in total. The van der Waals surface area contributed by atoms with Crippen LogP contribution in [0.15, 0.2) is 6.07 Å². The largest absolute Gasteiger partial charge is 0.482 e. The summed E-state index contributed by atoms with van der Waals surface area (Å²) in [7, 11) is 0. The minimum absolute atomic E-state index is 0.0792. The van der Waals surface area contributed by atoms with Gasteiger partial charge in [-0.15, -0.1) is 0 Å². The van der Waals surface area contributed by atoms with Crippen molar-refractivity contribution in [2.24, 2.45) is 0 Å². The summed E-state index contributed by atoms with van der Waals surface area (Å²) in [5.74, 6) is 0.567. The number of amides is 1. The SMILES string of the molecule is Cc1cc2c(c(C)c1N)NC(=O)CO2. The Balaban J connectivity index is 2.60. The highest BCUT2D eigenvalue weighted by Gasteiger charge is 2.19. The summed E-state index contributed by atoms with van der Waals surface area (Å²) in [4.78, 5) is 11.1. The molecule has 0 saturated carbocycles. The molecule has 0 spiro atoms. The van der Waals surface area contributed by atoms with Crippen LogP contribution >= 0.6 is 0 Å². The van der Waals surface area contributed by atoms with Crippen LogP contribution in [0.1, 0.15) is 11.1 Å². The minimum Gasteiger partial charge on any atom is -0.482 e. The predicted octanol–water partition coefficient (Wildman–Crippen LogP) is 1.22. The fourth-order valence-electron chi connectivity index (χ4n) is 1.55. The van der Waals surface area contributed by atoms with Gasteiger partial charge in [-0.1, -0.05) is 0 Å². The molecule has 14 heavy (non-hydrogen) atoms. The molecular weight excluding hydrogens is 180 g/mol. The van der Waals surface area contributed by atoms with E-state index in [0.29, 0.717) is 17.1 Å². The number of nitrogens with two attached hydrogens (primary N) is 1. The average molecular weight is 192 g/mol. The maximum Gasteiger partial charge on any atom is 0.262 e. The number of rotatable bonds is 0. The van der Waals surface area contributed by atoms with Gasteiger partial charge in [-0.3, -0.25) is 4.79 Å². The molecule has 0 bridgehead atoms. The molecule has 1 aromatic carbocycles. The number of carbonyl (C=O) groups excluding carboxylic acids is 1. The molecule has 4 heteroatoms. The van der Waals surface area contributed by atoms with Crippen molar-refractivity contribution < 1.29 is 9.53 Å². The Morgan fingerprint density at radius 2 is 2.21 bits per heavy atom. The molecule has 74 valence electrons. The highest BCUT2D eigenvalue weighted by Crippen LogP contribution is 2.36. The van der Waals surface area contributed by atoms with E-state index in [4.69, 9.17) is 10.5 Å². The van der Waals surface area contributed by atoms with Crippen molar-refractivity contribution >= 4 is 17.3 Å². The Bertz CT molecular complexity index is 413. The fraction of sp³-hybridized carbons (Fsp3) is 0.300. The number of hydrogen-bond acceptors (Lipinski definition) is 3. The summed E-state index contributed by atoms with van der Waals surface area (Å²) in [6, 6.07) is 1.84. The molecular formula is C10H12N2O2. The van der Waals surface area contributed by atoms with Crippen LogP contribution in [0.25, 0.3) is 0 Å². The summed E-state index contributed by atoms with van der Waals surface area (Å²) in [5.41, 5.74) is 9.08. The summed E-state index contributed by atoms with van der Waals surface area (Å²) in [5, 5.41) is 2.75. The maximum atomic E-state index is 11.1. The Morgan fingerprint density at radius 1 is 1.50 bits per heavy atom. The molecule has 0 saturated heterocycles. The Labute approximate surface area is 82.1 Å². The molecule has 1 aliphatic heterocycles. The second-order valence-electron chi connectivity index (χ2n) is 3.44. The van der Waals surface area contributed by atoms with Gasteiger partial charge in [0, 0.05) is 5.69 Å². The topological polar surface area (TPSA) is 64.3 Å². The van der Waals surface area contributed by atoms with Crippen LogP contribution in [-0.2, 0) is 4.79 Å². The molecule has 0 aromatic heterocycles. The van der Waals surface area contributed by atoms with E-state index in [1.54, 1.807) is 0 Å². The van der Waals surface area contributed by atoms with E-state index in [1.807, 2.05) is 19.9 Å². The van der Waals surface area contributed by atoms with Crippen LogP contribution < -0.4 is 15.8 Å². The normalized spacial score (nSPS) is 14.3. The minimum atomic E-state index is -0.135. The van der Waals surface area contributed by atoms with Gasteiger partial charge in [-0.25, -0.2) is 0 Å². The van der Waals surface area contributed by atoms with Gasteiger partial charge in [0.25, 0.3) is 5.91 Å². The number of anilines is 2. The van der Waals surface area contributed by atoms with Crippen molar-refractivity contribution in [3.05, 3.63) is 17.2 Å². The number of carbonyl (C=O) groups is 1. The summed E-state index contributed by atoms with van der Waals surface area (Å²) in [6.07, 6.45) is 0. The van der Waals surface area contributed by atoms with Crippen LogP contribution in [0.2, 0.25) is 0 Å². The van der Waals surface area contributed by atoms with Crippen molar-refractivity contribution in [2.45, 2.75) is 13.8 Å². The Hall–Kier alpha value is -1.71. The molecule has 0 aliphatic carbocycles. The molecule has 0 unspecified atom stereocenters. The summed E-state index contributed by atoms with van der Waals surface area (Å²) >= 11 is 0. The van der Waals surface area contributed by atoms with Crippen molar-refractivity contribution in [3.8, 4) is 5.75 Å². The zero-order valence-corrected chi connectivity index (χ0v) is 8.18. The van der Waals surface area contributed by atoms with Gasteiger partial charge in [0.15, 0.2) is 6.61 Å². The number of aryl methyl sites for hydroxylation is 1. The molecule has 1 aliphatic rings. The molecule has 1 amide bonds. The van der Waals surface area contributed by atoms with E-state index < -0.39 is 0 Å². The Morgan fingerprint density at radius 3 is 2.93 bits per heavy atom. The van der Waals surface area contributed by atoms with Crippen LogP contribution in [-0.4, -0.2) is 12.5 Å². The second kappa shape index (κ2) is 2.90. The monoisotopic (exact) mass is 192 g/mol. The van der Waals surface area contributed by atoms with Gasteiger partial charge in [0.1, 0.15) is 5.75 Å². The van der Waals surface area contributed by atoms with Gasteiger partial charge >= 0.3 is 0 Å². The number of benzene rings is 1. The number of fused-ring (bicyclic) bond motifs is 1. The predicted molar refractivity (Wildman–Crippen MR) is 54.5 cm³/mol. The number of nitrogens with one attached hydrogen (secondary N) is 1. The Kier molecular flexibility index (Phi) is 1.84. The zero-order chi connectivity index (χ0) is 10.3. The number of nitrogen functional groups attached to an aromatic ring is 1. The first-order chi connectivity index (χ1) is 6.59. The van der Waals surface area contributed by atoms with E-state index in [1.165, 1.54) is 0 Å². The van der Waals surface area contributed by atoms with Crippen LogP contribution in [0.3, 0.4) is 0 Å². The standard InChI is InChI=1S/C10H12N2O2/c1-5-3-7-10(6(2)9(5)11)12-8(13)4-14-7/h3H,4,11H2,1-2H3,(H,12,13). The lowest BCUT2D eigenvalue weighted by atomic mass is 10.1. The highest BCUT2D eigenvalue weighted by atomic mass is 16.5. The van der Waals surface area contributed by atoms with E-state index >= 15 is 0 Å². The quantitative estimate of drug-likeness (QED) is 0.607. The van der Waals surface area contributed by atoms with Crippen molar-refractivity contribution in [1.29, 1.82) is 0 Å². The number of ether oxygens (including phenoxy) is 1. The molecule has 0 fully saturated rings. The first-order valence-corrected chi connectivity index (χ1v) is 4.42. The lowest BCUT2D eigenvalue weighted by Gasteiger charge is -2.21. The maximum absolute atomic E-state index is 11.1. The van der Waals surface area contributed by atoms with Crippen molar-refractivity contribution in [3.63, 3.8) is 0 Å². The van der Waals surface area contributed by atoms with Gasteiger partial charge in [-0.05, 0) is 31.0 Å². The smallest absolute Gasteiger partial charge is 0.262 e. The third kappa shape index (κ3) is 1.19. The third-order valence-electron chi connectivity index (χ3n) is 2.42. The van der Waals surface area contributed by atoms with E-state index in [9.17, 15) is 4.79 Å². The van der Waals surface area contributed by atoms with E-state index in [2.05, 4.69) is 5.32 Å². The van der Waals surface area contributed by atoms with Crippen LogP contribution in [0.5, 0.6) is 5.75 Å².